The molecule has 0 saturated heterocycles. The maximum absolute atomic E-state index is 13.8. The fourth-order valence-corrected chi connectivity index (χ4v) is 6.10. The zero-order valence-electron chi connectivity index (χ0n) is 23.6. The van der Waals surface area contributed by atoms with Gasteiger partial charge in [0.05, 0.1) is 9.82 Å². The molecule has 0 fully saturated rings. The van der Waals surface area contributed by atoms with Crippen LogP contribution in [0.15, 0.2) is 114 Å². The summed E-state index contributed by atoms with van der Waals surface area (Å²) in [5.74, 6) is -1.37. The van der Waals surface area contributed by atoms with E-state index in [1.807, 2.05) is 60.7 Å². The summed E-state index contributed by atoms with van der Waals surface area (Å²) in [6, 6.07) is 28.5. The lowest BCUT2D eigenvalue weighted by molar-refractivity contribution is -0.384. The minimum absolute atomic E-state index is 0.0502. The van der Waals surface area contributed by atoms with Gasteiger partial charge in [-0.05, 0) is 47.2 Å². The first-order chi connectivity index (χ1) is 21.1. The molecule has 4 aromatic carbocycles. The van der Waals surface area contributed by atoms with Gasteiger partial charge in [-0.1, -0.05) is 84.9 Å². The van der Waals surface area contributed by atoms with Crippen molar-refractivity contribution in [3.63, 3.8) is 0 Å². The summed E-state index contributed by atoms with van der Waals surface area (Å²) in [7, 11) is -4.42. The topological polar surface area (TPSA) is 156 Å². The molecule has 2 N–H and O–H groups in total. The molecule has 0 aliphatic heterocycles. The van der Waals surface area contributed by atoms with E-state index in [0.29, 0.717) is 5.56 Å². The summed E-state index contributed by atoms with van der Waals surface area (Å²) in [5, 5.41) is 23.8. The van der Waals surface area contributed by atoms with Gasteiger partial charge in [0.1, 0.15) is 12.6 Å². The third kappa shape index (κ3) is 8.49. The fourth-order valence-electron chi connectivity index (χ4n) is 4.50. The molecule has 1 amide bonds. The summed E-state index contributed by atoms with van der Waals surface area (Å²) < 4.78 is 33.7. The molecule has 0 aromatic heterocycles. The second kappa shape index (κ2) is 14.9. The Balaban J connectivity index is 1.51. The number of non-ortho nitro benzene ring substituents is 1. The summed E-state index contributed by atoms with van der Waals surface area (Å²) in [6.07, 6.45) is -0.672. The van der Waals surface area contributed by atoms with Crippen LogP contribution in [0.25, 0.3) is 11.1 Å². The minimum Gasteiger partial charge on any atom is -0.480 e. The quantitative estimate of drug-likeness (QED) is 0.105. The number of alkyl carbamates (subject to hydrolysis) is 1. The normalized spacial score (nSPS) is 11.9. The molecule has 228 valence electrons. The molecule has 0 unspecified atom stereocenters. The van der Waals surface area contributed by atoms with Crippen molar-refractivity contribution in [2.24, 2.45) is 0 Å². The maximum atomic E-state index is 13.8. The van der Waals surface area contributed by atoms with Gasteiger partial charge >= 0.3 is 12.1 Å². The predicted molar refractivity (Wildman–Crippen MR) is 163 cm³/mol. The molecule has 0 saturated carbocycles. The monoisotopic (exact) mass is 617 g/mol. The third-order valence-electron chi connectivity index (χ3n) is 6.82. The van der Waals surface area contributed by atoms with Crippen molar-refractivity contribution in [2.45, 2.75) is 36.9 Å². The Morgan fingerprint density at radius 1 is 0.841 bits per heavy atom. The number of amides is 1. The van der Waals surface area contributed by atoms with E-state index in [4.69, 9.17) is 4.74 Å². The molecule has 4 aromatic rings. The summed E-state index contributed by atoms with van der Waals surface area (Å²) in [4.78, 5) is 34.8. The highest BCUT2D eigenvalue weighted by atomic mass is 32.2. The Bertz CT molecular complexity index is 1660. The first-order valence-corrected chi connectivity index (χ1v) is 15.2. The van der Waals surface area contributed by atoms with E-state index in [1.54, 1.807) is 24.3 Å². The number of nitro benzene ring substituents is 1. The van der Waals surface area contributed by atoms with Crippen LogP contribution in [-0.4, -0.2) is 47.4 Å². The SMILES string of the molecule is O=C(NCCC[C@@H](C(=O)O)N(Cc1ccc(-c2ccccc2)cc1)S(=O)(=O)c1ccc([N+](=O)[O-])cc1)OCc1ccccc1. The first kappa shape index (κ1) is 31.9. The smallest absolute Gasteiger partial charge is 0.407 e. The Labute approximate surface area is 254 Å². The van der Waals surface area contributed by atoms with E-state index in [-0.39, 0.29) is 43.1 Å². The van der Waals surface area contributed by atoms with Crippen molar-refractivity contribution in [3.8, 4) is 11.1 Å². The summed E-state index contributed by atoms with van der Waals surface area (Å²) >= 11 is 0. The molecule has 0 bridgehead atoms. The molecule has 0 radical (unpaired) electrons. The summed E-state index contributed by atoms with van der Waals surface area (Å²) in [5.41, 5.74) is 2.92. The second-order valence-corrected chi connectivity index (χ2v) is 11.7. The highest BCUT2D eigenvalue weighted by molar-refractivity contribution is 7.89. The van der Waals surface area contributed by atoms with Crippen LogP contribution in [0.4, 0.5) is 10.5 Å². The average Bonchev–Trinajstić information content (AvgIpc) is 3.04. The van der Waals surface area contributed by atoms with Crippen molar-refractivity contribution in [3.05, 3.63) is 130 Å². The lowest BCUT2D eigenvalue weighted by Gasteiger charge is -2.28. The van der Waals surface area contributed by atoms with Gasteiger partial charge in [-0.15, -0.1) is 0 Å². The molecule has 1 atom stereocenters. The molecule has 12 heteroatoms. The number of nitrogens with one attached hydrogen (secondary N) is 1. The number of hydrogen-bond acceptors (Lipinski definition) is 7. The van der Waals surface area contributed by atoms with Crippen molar-refractivity contribution in [1.29, 1.82) is 0 Å². The Morgan fingerprint density at radius 3 is 2.02 bits per heavy atom. The first-order valence-electron chi connectivity index (χ1n) is 13.7. The number of carboxylic acids is 1. The Morgan fingerprint density at radius 2 is 1.43 bits per heavy atom. The van der Waals surface area contributed by atoms with Crippen LogP contribution in [0.5, 0.6) is 0 Å². The number of aliphatic carboxylic acids is 1. The number of ether oxygens (including phenoxy) is 1. The minimum atomic E-state index is -4.42. The standard InChI is InChI=1S/C32H31N3O8S/c36-31(37)30(12-7-21-33-32(38)43-23-25-8-3-1-4-9-25)34(44(41,42)29-19-17-28(18-20-29)35(39)40)22-24-13-15-27(16-14-24)26-10-5-2-6-11-26/h1-6,8-11,13-20,30H,7,12,21-23H2,(H,33,38)(H,36,37)/t30-/m0/s1. The van der Waals surface area contributed by atoms with Crippen LogP contribution in [0, 0.1) is 10.1 Å². The van der Waals surface area contributed by atoms with Crippen molar-refractivity contribution in [1.82, 2.24) is 9.62 Å². The van der Waals surface area contributed by atoms with E-state index in [1.165, 1.54) is 0 Å². The largest absolute Gasteiger partial charge is 0.480 e. The van der Waals surface area contributed by atoms with Crippen LogP contribution in [0.2, 0.25) is 0 Å². The van der Waals surface area contributed by atoms with Gasteiger partial charge < -0.3 is 15.2 Å². The number of nitrogens with zero attached hydrogens (tertiary/aromatic N) is 2. The van der Waals surface area contributed by atoms with Gasteiger partial charge in [0.25, 0.3) is 5.69 Å². The number of nitro groups is 1. The van der Waals surface area contributed by atoms with Crippen molar-refractivity contribution >= 4 is 27.8 Å². The van der Waals surface area contributed by atoms with Gasteiger partial charge in [0.15, 0.2) is 0 Å². The number of benzene rings is 4. The molecule has 11 nitrogen and oxygen atoms in total. The third-order valence-corrected chi connectivity index (χ3v) is 8.69. The molecular weight excluding hydrogens is 586 g/mol. The molecule has 0 aliphatic rings. The zero-order valence-corrected chi connectivity index (χ0v) is 24.4. The number of carboxylic acid groups (broad SMARTS) is 1. The molecule has 4 rings (SSSR count). The lowest BCUT2D eigenvalue weighted by Crippen LogP contribution is -2.45. The van der Waals surface area contributed by atoms with Crippen LogP contribution >= 0.6 is 0 Å². The Hall–Kier alpha value is -5.07. The molecule has 0 aliphatic carbocycles. The van der Waals surface area contributed by atoms with Gasteiger partial charge in [0.2, 0.25) is 10.0 Å². The number of carbonyl (C=O) groups excluding carboxylic acids is 1. The number of hydrogen-bond donors (Lipinski definition) is 2. The Kier molecular flexibility index (Phi) is 10.8. The highest BCUT2D eigenvalue weighted by Gasteiger charge is 2.36. The number of sulfonamides is 1. The molecule has 0 heterocycles. The van der Waals surface area contributed by atoms with Gasteiger partial charge in [0, 0.05) is 25.2 Å². The van der Waals surface area contributed by atoms with Gasteiger partial charge in [-0.2, -0.15) is 4.31 Å². The number of carbonyl (C=O) groups is 2. The average molecular weight is 618 g/mol. The van der Waals surface area contributed by atoms with Gasteiger partial charge in [-0.25, -0.2) is 13.2 Å². The van der Waals surface area contributed by atoms with Crippen LogP contribution < -0.4 is 5.32 Å². The fraction of sp³-hybridized carbons (Fsp3) is 0.188. The number of rotatable bonds is 14. The van der Waals surface area contributed by atoms with E-state index in [9.17, 15) is 33.2 Å². The molecule has 44 heavy (non-hydrogen) atoms. The lowest BCUT2D eigenvalue weighted by atomic mass is 10.0. The van der Waals surface area contributed by atoms with E-state index < -0.39 is 33.1 Å². The van der Waals surface area contributed by atoms with Crippen LogP contribution in [-0.2, 0) is 32.7 Å². The van der Waals surface area contributed by atoms with Crippen LogP contribution in [0.3, 0.4) is 0 Å². The van der Waals surface area contributed by atoms with Crippen molar-refractivity contribution < 1.29 is 32.8 Å². The van der Waals surface area contributed by atoms with Crippen molar-refractivity contribution in [2.75, 3.05) is 6.54 Å². The molecule has 0 spiro atoms. The maximum Gasteiger partial charge on any atom is 0.407 e. The predicted octanol–water partition coefficient (Wildman–Crippen LogP) is 5.61. The highest BCUT2D eigenvalue weighted by Crippen LogP contribution is 2.27. The zero-order chi connectivity index (χ0) is 31.5. The summed E-state index contributed by atoms with van der Waals surface area (Å²) in [6.45, 7) is -0.152. The van der Waals surface area contributed by atoms with E-state index in [0.717, 1.165) is 45.3 Å². The van der Waals surface area contributed by atoms with Gasteiger partial charge in [-0.3, -0.25) is 14.9 Å². The van der Waals surface area contributed by atoms with E-state index >= 15 is 0 Å². The second-order valence-electron chi connectivity index (χ2n) is 9.85. The molecular formula is C32H31N3O8S. The van der Waals surface area contributed by atoms with Crippen LogP contribution in [0.1, 0.15) is 24.0 Å². The van der Waals surface area contributed by atoms with E-state index in [2.05, 4.69) is 5.32 Å².